The molecule has 2 aromatic rings. The number of nitrogen functional groups attached to an aromatic ring is 1. The maximum atomic E-state index is 10.9. The first-order valence-corrected chi connectivity index (χ1v) is 5.75. The number of hydrogen-bond donors (Lipinski definition) is 1. The molecule has 2 heterocycles. The van der Waals surface area contributed by atoms with E-state index in [2.05, 4.69) is 10.1 Å². The normalized spacial score (nSPS) is 10.4. The molecule has 0 aliphatic rings. The van der Waals surface area contributed by atoms with E-state index in [1.165, 1.54) is 4.52 Å². The van der Waals surface area contributed by atoms with Crippen LogP contribution in [0.3, 0.4) is 0 Å². The van der Waals surface area contributed by atoms with Gasteiger partial charge >= 0.3 is 16.7 Å². The topological polar surface area (TPSA) is 97.1 Å². The Kier molecular flexibility index (Phi) is 2.73. The fraction of sp³-hybridized carbons (Fsp3) is 0.300. The third-order valence-electron chi connectivity index (χ3n) is 2.61. The summed E-state index contributed by atoms with van der Waals surface area (Å²) >= 11 is 0.173. The Morgan fingerprint density at radius 1 is 1.59 bits per heavy atom. The minimum absolute atomic E-state index is 0.0858. The molecule has 2 aromatic heterocycles. The standard InChI is InChI=1S/C10H10N5OS/c1-3-6-5(2)14-15-8(12)7(4-11)10(17-16)13-9(6)15/h3,12H2,1-2H3/q+1. The molecule has 6 nitrogen and oxygen atoms in total. The van der Waals surface area contributed by atoms with Gasteiger partial charge in [0.15, 0.2) is 17.0 Å². The molecule has 0 radical (unpaired) electrons. The molecule has 0 unspecified atom stereocenters. The number of anilines is 1. The van der Waals surface area contributed by atoms with Crippen LogP contribution in [0.4, 0.5) is 5.82 Å². The lowest BCUT2D eigenvalue weighted by molar-refractivity contribution is 0.603. The van der Waals surface area contributed by atoms with Crippen molar-refractivity contribution >= 4 is 23.1 Å². The van der Waals surface area contributed by atoms with Crippen LogP contribution in [0, 0.1) is 18.3 Å². The maximum absolute atomic E-state index is 10.9. The molecule has 7 heteroatoms. The second-order valence-corrected chi connectivity index (χ2v) is 4.08. The van der Waals surface area contributed by atoms with Crippen LogP contribution in [0.25, 0.3) is 5.65 Å². The highest BCUT2D eigenvalue weighted by molar-refractivity contribution is 7.65. The van der Waals surface area contributed by atoms with Gasteiger partial charge in [0, 0.05) is 9.77 Å². The minimum atomic E-state index is 0.0858. The predicted molar refractivity (Wildman–Crippen MR) is 62.5 cm³/mol. The molecule has 0 aromatic carbocycles. The van der Waals surface area contributed by atoms with Crippen molar-refractivity contribution in [3.8, 4) is 6.07 Å². The lowest BCUT2D eigenvalue weighted by atomic mass is 10.2. The van der Waals surface area contributed by atoms with Crippen LogP contribution in [0.5, 0.6) is 0 Å². The van der Waals surface area contributed by atoms with Gasteiger partial charge in [0.25, 0.3) is 0 Å². The van der Waals surface area contributed by atoms with Gasteiger partial charge in [-0.3, -0.25) is 0 Å². The second-order valence-electron chi connectivity index (χ2n) is 3.53. The van der Waals surface area contributed by atoms with E-state index in [4.69, 9.17) is 11.0 Å². The lowest BCUT2D eigenvalue weighted by Gasteiger charge is -1.99. The van der Waals surface area contributed by atoms with E-state index in [9.17, 15) is 4.21 Å². The molecule has 2 N–H and O–H groups in total. The lowest BCUT2D eigenvalue weighted by Crippen LogP contribution is -2.06. The molecule has 0 aliphatic heterocycles. The summed E-state index contributed by atoms with van der Waals surface area (Å²) in [6.45, 7) is 3.83. The molecule has 17 heavy (non-hydrogen) atoms. The van der Waals surface area contributed by atoms with Crippen LogP contribution in [0.1, 0.15) is 23.7 Å². The summed E-state index contributed by atoms with van der Waals surface area (Å²) in [6, 6.07) is 1.88. The smallest absolute Gasteiger partial charge is 0.382 e. The quantitative estimate of drug-likeness (QED) is 0.627. The van der Waals surface area contributed by atoms with Gasteiger partial charge in [-0.2, -0.15) is 19.9 Å². The predicted octanol–water partition coefficient (Wildman–Crippen LogP) is 0.841. The van der Waals surface area contributed by atoms with Crippen molar-refractivity contribution in [1.82, 2.24) is 14.6 Å². The van der Waals surface area contributed by atoms with Gasteiger partial charge in [-0.25, -0.2) is 0 Å². The molecule has 0 aliphatic carbocycles. The van der Waals surface area contributed by atoms with Crippen molar-refractivity contribution in [2.75, 3.05) is 5.73 Å². The van der Waals surface area contributed by atoms with Crippen molar-refractivity contribution in [1.29, 1.82) is 5.26 Å². The van der Waals surface area contributed by atoms with E-state index < -0.39 is 0 Å². The Morgan fingerprint density at radius 3 is 2.82 bits per heavy atom. The molecular formula is C10H10N5OS+. The molecule has 0 atom stereocenters. The number of nitriles is 1. The summed E-state index contributed by atoms with van der Waals surface area (Å²) in [5, 5.41) is 13.3. The summed E-state index contributed by atoms with van der Waals surface area (Å²) < 4.78 is 12.4. The third kappa shape index (κ3) is 1.54. The fourth-order valence-electron chi connectivity index (χ4n) is 1.78. The second kappa shape index (κ2) is 4.07. The summed E-state index contributed by atoms with van der Waals surface area (Å²) in [6.07, 6.45) is 0.747. The highest BCUT2D eigenvalue weighted by Gasteiger charge is 2.25. The van der Waals surface area contributed by atoms with Gasteiger partial charge in [-0.15, -0.1) is 0 Å². The first-order valence-electron chi connectivity index (χ1n) is 5.01. The summed E-state index contributed by atoms with van der Waals surface area (Å²) in [5.41, 5.74) is 8.22. The zero-order chi connectivity index (χ0) is 12.6. The average Bonchev–Trinajstić information content (AvgIpc) is 2.65. The molecule has 86 valence electrons. The monoisotopic (exact) mass is 248 g/mol. The summed E-state index contributed by atoms with van der Waals surface area (Å²) in [5.74, 6) is 0.165. The molecule has 2 rings (SSSR count). The Bertz CT molecular complexity index is 655. The van der Waals surface area contributed by atoms with Gasteiger partial charge in [0.05, 0.1) is 5.69 Å². The summed E-state index contributed by atoms with van der Waals surface area (Å²) in [4.78, 5) is 4.17. The Labute approximate surface area is 102 Å². The number of nitrogens with two attached hydrogens (primary N) is 1. The van der Waals surface area contributed by atoms with Gasteiger partial charge in [0.1, 0.15) is 6.07 Å². The number of hydrogen-bond acceptors (Lipinski definition) is 5. The van der Waals surface area contributed by atoms with Crippen LogP contribution >= 0.6 is 0 Å². The van der Waals surface area contributed by atoms with Crippen LogP contribution < -0.4 is 5.73 Å². The van der Waals surface area contributed by atoms with E-state index in [-0.39, 0.29) is 28.1 Å². The van der Waals surface area contributed by atoms with E-state index in [1.54, 1.807) is 0 Å². The highest BCUT2D eigenvalue weighted by atomic mass is 32.1. The molecule has 0 saturated carbocycles. The Hall–Kier alpha value is -2.07. The summed E-state index contributed by atoms with van der Waals surface area (Å²) in [7, 11) is 0. The van der Waals surface area contributed by atoms with Gasteiger partial charge in [0.2, 0.25) is 0 Å². The van der Waals surface area contributed by atoms with E-state index in [1.807, 2.05) is 19.9 Å². The third-order valence-corrected chi connectivity index (χ3v) is 3.06. The molecule has 0 fully saturated rings. The van der Waals surface area contributed by atoms with Crippen molar-refractivity contribution < 1.29 is 4.21 Å². The first-order chi connectivity index (χ1) is 8.13. The van der Waals surface area contributed by atoms with Crippen LogP contribution in [-0.4, -0.2) is 14.6 Å². The minimum Gasteiger partial charge on any atom is -0.382 e. The van der Waals surface area contributed by atoms with Crippen LogP contribution in [0.2, 0.25) is 0 Å². The molecule has 0 amide bonds. The fourth-order valence-corrected chi connectivity index (χ4v) is 2.13. The molecule has 0 spiro atoms. The van der Waals surface area contributed by atoms with E-state index in [0.29, 0.717) is 5.65 Å². The van der Waals surface area contributed by atoms with Crippen LogP contribution in [0.15, 0.2) is 5.03 Å². The Balaban J connectivity index is 2.96. The highest BCUT2D eigenvalue weighted by Crippen LogP contribution is 2.21. The van der Waals surface area contributed by atoms with Gasteiger partial charge < -0.3 is 5.73 Å². The van der Waals surface area contributed by atoms with Crippen molar-refractivity contribution in [3.63, 3.8) is 0 Å². The maximum Gasteiger partial charge on any atom is 0.528 e. The largest absolute Gasteiger partial charge is 0.528 e. The number of rotatable bonds is 2. The number of fused-ring (bicyclic) bond motifs is 1. The zero-order valence-electron chi connectivity index (χ0n) is 9.39. The average molecular weight is 248 g/mol. The Morgan fingerprint density at radius 2 is 2.29 bits per heavy atom. The number of nitrogens with zero attached hydrogens (tertiary/aromatic N) is 4. The number of aryl methyl sites for hydroxylation is 2. The molecule has 0 saturated heterocycles. The van der Waals surface area contributed by atoms with Crippen molar-refractivity contribution in [2.45, 2.75) is 25.3 Å². The van der Waals surface area contributed by atoms with Crippen molar-refractivity contribution in [2.24, 2.45) is 0 Å². The van der Waals surface area contributed by atoms with Crippen LogP contribution in [-0.2, 0) is 22.3 Å². The van der Waals surface area contributed by atoms with Crippen molar-refractivity contribution in [3.05, 3.63) is 16.8 Å². The first kappa shape index (κ1) is 11.4. The zero-order valence-corrected chi connectivity index (χ0v) is 10.2. The SMILES string of the molecule is CCc1c(C)nn2c(N)c(C#N)c([S+]=O)nc12. The molecular weight excluding hydrogens is 238 g/mol. The van der Waals surface area contributed by atoms with Gasteiger partial charge in [-0.1, -0.05) is 6.92 Å². The van der Waals surface area contributed by atoms with E-state index in [0.717, 1.165) is 17.7 Å². The number of aromatic nitrogens is 3. The van der Waals surface area contributed by atoms with Gasteiger partial charge in [-0.05, 0) is 13.3 Å². The van der Waals surface area contributed by atoms with E-state index >= 15 is 0 Å². The molecule has 0 bridgehead atoms.